The molecule has 1 amide bonds. The molecule has 2 heterocycles. The number of para-hydroxylation sites is 1. The second-order valence-electron chi connectivity index (χ2n) is 9.64. The number of benzene rings is 3. The fourth-order valence-electron chi connectivity index (χ4n) is 5.01. The minimum absolute atomic E-state index is 0.0229. The number of nitrogens with zero attached hydrogens (tertiary/aromatic N) is 3. The van der Waals surface area contributed by atoms with Crippen LogP contribution in [0.15, 0.2) is 60.7 Å². The lowest BCUT2D eigenvalue weighted by Crippen LogP contribution is -2.48. The van der Waals surface area contributed by atoms with Gasteiger partial charge >= 0.3 is 0 Å². The van der Waals surface area contributed by atoms with Crippen molar-refractivity contribution in [2.75, 3.05) is 32.7 Å². The van der Waals surface area contributed by atoms with Crippen LogP contribution in [0.4, 0.5) is 0 Å². The number of Topliss-reactive ketones (excluding diaryl/α,β-unsaturated/α-hetero) is 1. The standard InChI is InChI=1S/C17H22N2O4.C14H12IN/c1-13-3-4-15(11-17(13)23-12-20)16(22)5-6-18-7-9-19(10-8-18)14(2)21;1-2-16-13-6-4-3-5-11(13)12-9-10(15)7-8-14(12)16/h3-4,11-12H,5-10H2,1-2H3;3-9H,2H2,1H3. The van der Waals surface area contributed by atoms with E-state index in [1.54, 1.807) is 25.1 Å². The van der Waals surface area contributed by atoms with E-state index < -0.39 is 0 Å². The first-order valence-corrected chi connectivity index (χ1v) is 14.3. The van der Waals surface area contributed by atoms with Gasteiger partial charge in [0.15, 0.2) is 5.78 Å². The highest BCUT2D eigenvalue weighted by atomic mass is 127. The van der Waals surface area contributed by atoms with Crippen LogP contribution in [0.1, 0.15) is 36.2 Å². The van der Waals surface area contributed by atoms with Gasteiger partial charge in [-0.3, -0.25) is 19.3 Å². The SMILES string of the molecule is CC(=O)N1CCN(CCC(=O)c2ccc(C)c(OC=O)c2)CC1.CCn1c2ccccc2c2cc(I)ccc21. The normalized spacial score (nSPS) is 13.7. The molecule has 7 nitrogen and oxygen atoms in total. The molecule has 1 aliphatic rings. The average molecular weight is 640 g/mol. The predicted octanol–water partition coefficient (Wildman–Crippen LogP) is 5.69. The Morgan fingerprint density at radius 1 is 0.949 bits per heavy atom. The maximum Gasteiger partial charge on any atom is 0.298 e. The highest BCUT2D eigenvalue weighted by molar-refractivity contribution is 14.1. The van der Waals surface area contributed by atoms with Crippen molar-refractivity contribution in [1.82, 2.24) is 14.4 Å². The van der Waals surface area contributed by atoms with Gasteiger partial charge in [-0.15, -0.1) is 0 Å². The van der Waals surface area contributed by atoms with E-state index in [0.717, 1.165) is 25.2 Å². The van der Waals surface area contributed by atoms with Crippen molar-refractivity contribution in [3.05, 3.63) is 75.4 Å². The van der Waals surface area contributed by atoms with E-state index in [9.17, 15) is 14.4 Å². The number of amides is 1. The number of hydrogen-bond acceptors (Lipinski definition) is 5. The first-order valence-electron chi connectivity index (χ1n) is 13.2. The van der Waals surface area contributed by atoms with Crippen LogP contribution >= 0.6 is 22.6 Å². The Morgan fingerprint density at radius 2 is 1.67 bits per heavy atom. The topological polar surface area (TPSA) is 71.9 Å². The molecule has 204 valence electrons. The predicted molar refractivity (Wildman–Crippen MR) is 163 cm³/mol. The molecule has 4 aromatic rings. The maximum atomic E-state index is 12.3. The van der Waals surface area contributed by atoms with Gasteiger partial charge in [-0.2, -0.15) is 0 Å². The zero-order valence-electron chi connectivity index (χ0n) is 22.7. The molecule has 0 aliphatic carbocycles. The number of halogens is 1. The number of carbonyl (C=O) groups excluding carboxylic acids is 3. The zero-order valence-corrected chi connectivity index (χ0v) is 24.8. The molecule has 1 fully saturated rings. The van der Waals surface area contributed by atoms with Crippen molar-refractivity contribution in [2.24, 2.45) is 0 Å². The number of rotatable bonds is 7. The number of aryl methyl sites for hydroxylation is 2. The van der Waals surface area contributed by atoms with Crippen LogP contribution in [0, 0.1) is 10.5 Å². The van der Waals surface area contributed by atoms with Crippen LogP contribution in [-0.2, 0) is 16.1 Å². The van der Waals surface area contributed by atoms with E-state index in [2.05, 4.69) is 81.4 Å². The molecule has 8 heteroatoms. The summed E-state index contributed by atoms with van der Waals surface area (Å²) >= 11 is 2.37. The molecular formula is C31H34IN3O4. The van der Waals surface area contributed by atoms with Crippen molar-refractivity contribution in [3.8, 4) is 5.75 Å². The van der Waals surface area contributed by atoms with Crippen LogP contribution in [0.5, 0.6) is 5.75 Å². The van der Waals surface area contributed by atoms with E-state index in [4.69, 9.17) is 4.74 Å². The van der Waals surface area contributed by atoms with Gasteiger partial charge in [-0.05, 0) is 72.3 Å². The van der Waals surface area contributed by atoms with Crippen LogP contribution in [0.3, 0.4) is 0 Å². The maximum absolute atomic E-state index is 12.3. The number of fused-ring (bicyclic) bond motifs is 3. The first kappa shape index (κ1) is 28.8. The summed E-state index contributed by atoms with van der Waals surface area (Å²) in [6.07, 6.45) is 0.406. The van der Waals surface area contributed by atoms with Gasteiger partial charge in [0.25, 0.3) is 6.47 Å². The van der Waals surface area contributed by atoms with Crippen molar-refractivity contribution in [1.29, 1.82) is 0 Å². The highest BCUT2D eigenvalue weighted by Crippen LogP contribution is 2.29. The van der Waals surface area contributed by atoms with Crippen molar-refractivity contribution in [3.63, 3.8) is 0 Å². The number of aromatic nitrogens is 1. The molecule has 5 rings (SSSR count). The van der Waals surface area contributed by atoms with E-state index >= 15 is 0 Å². The Kier molecular flexibility index (Phi) is 9.74. The molecule has 0 saturated carbocycles. The molecule has 1 aliphatic heterocycles. The lowest BCUT2D eigenvalue weighted by atomic mass is 10.1. The van der Waals surface area contributed by atoms with Gasteiger partial charge in [-0.25, -0.2) is 0 Å². The second kappa shape index (κ2) is 13.2. The lowest BCUT2D eigenvalue weighted by Gasteiger charge is -2.34. The van der Waals surface area contributed by atoms with Crippen molar-refractivity contribution >= 4 is 62.6 Å². The monoisotopic (exact) mass is 639 g/mol. The quantitative estimate of drug-likeness (QED) is 0.148. The summed E-state index contributed by atoms with van der Waals surface area (Å²) in [5, 5.41) is 2.72. The fraction of sp³-hybridized carbons (Fsp3) is 0.323. The molecule has 1 aromatic heterocycles. The molecule has 0 spiro atoms. The first-order chi connectivity index (χ1) is 18.8. The minimum atomic E-state index is 0.0229. The van der Waals surface area contributed by atoms with Gasteiger partial charge in [-0.1, -0.05) is 30.3 Å². The Hall–Kier alpha value is -3.24. The van der Waals surface area contributed by atoms with Gasteiger partial charge in [0.1, 0.15) is 5.75 Å². The smallest absolute Gasteiger partial charge is 0.298 e. The van der Waals surface area contributed by atoms with Crippen LogP contribution < -0.4 is 4.74 Å². The number of carbonyl (C=O) groups is 3. The summed E-state index contributed by atoms with van der Waals surface area (Å²) in [6.45, 7) is 10.7. The van der Waals surface area contributed by atoms with E-state index in [0.29, 0.717) is 43.8 Å². The van der Waals surface area contributed by atoms with Crippen LogP contribution in [0.25, 0.3) is 21.8 Å². The summed E-state index contributed by atoms with van der Waals surface area (Å²) in [5.74, 6) is 0.541. The largest absolute Gasteiger partial charge is 0.428 e. The number of ether oxygens (including phenoxy) is 1. The van der Waals surface area contributed by atoms with Gasteiger partial charge < -0.3 is 14.2 Å². The summed E-state index contributed by atoms with van der Waals surface area (Å²) in [6, 6.07) is 20.4. The molecular weight excluding hydrogens is 605 g/mol. The Balaban J connectivity index is 0.000000192. The molecule has 39 heavy (non-hydrogen) atoms. The molecule has 0 atom stereocenters. The number of ketones is 1. The second-order valence-corrected chi connectivity index (χ2v) is 10.9. The van der Waals surface area contributed by atoms with Crippen LogP contribution in [0.2, 0.25) is 0 Å². The van der Waals surface area contributed by atoms with Crippen molar-refractivity contribution < 1.29 is 19.1 Å². The summed E-state index contributed by atoms with van der Waals surface area (Å²) < 4.78 is 8.55. The number of hydrogen-bond donors (Lipinski definition) is 0. The van der Waals surface area contributed by atoms with E-state index in [-0.39, 0.29) is 11.7 Å². The third-order valence-electron chi connectivity index (χ3n) is 7.21. The molecule has 0 unspecified atom stereocenters. The summed E-state index contributed by atoms with van der Waals surface area (Å²) in [7, 11) is 0. The average Bonchev–Trinajstić information content (AvgIpc) is 3.26. The lowest BCUT2D eigenvalue weighted by molar-refractivity contribution is -0.130. The van der Waals surface area contributed by atoms with Crippen LogP contribution in [-0.4, -0.2) is 65.3 Å². The van der Waals surface area contributed by atoms with E-state index in [1.165, 1.54) is 25.4 Å². The fourth-order valence-corrected chi connectivity index (χ4v) is 5.50. The Morgan fingerprint density at radius 3 is 2.36 bits per heavy atom. The molecule has 0 N–H and O–H groups in total. The summed E-state index contributed by atoms with van der Waals surface area (Å²) in [4.78, 5) is 38.1. The third-order valence-corrected chi connectivity index (χ3v) is 7.88. The molecule has 3 aromatic carbocycles. The zero-order chi connectivity index (χ0) is 27.9. The van der Waals surface area contributed by atoms with Gasteiger partial charge in [0.05, 0.1) is 0 Å². The van der Waals surface area contributed by atoms with Crippen molar-refractivity contribution in [2.45, 2.75) is 33.7 Å². The molecule has 0 radical (unpaired) electrons. The molecule has 1 saturated heterocycles. The molecule has 0 bridgehead atoms. The number of piperazine rings is 1. The van der Waals surface area contributed by atoms with Gasteiger partial charge in [0, 0.05) is 83.6 Å². The summed E-state index contributed by atoms with van der Waals surface area (Å²) in [5.41, 5.74) is 4.04. The minimum Gasteiger partial charge on any atom is -0.428 e. The Bertz CT molecular complexity index is 1490. The van der Waals surface area contributed by atoms with Gasteiger partial charge in [0.2, 0.25) is 5.91 Å². The third kappa shape index (κ3) is 6.86. The Labute approximate surface area is 242 Å². The highest BCUT2D eigenvalue weighted by Gasteiger charge is 2.19. The van der Waals surface area contributed by atoms with E-state index in [1.807, 2.05) is 11.8 Å².